The van der Waals surface area contributed by atoms with E-state index in [0.717, 1.165) is 26.0 Å². The number of hydrogen-bond acceptors (Lipinski definition) is 3. The molecule has 0 spiro atoms. The molecule has 0 aliphatic rings. The molecule has 1 aromatic rings. The van der Waals surface area contributed by atoms with Gasteiger partial charge in [0, 0.05) is 19.0 Å². The van der Waals surface area contributed by atoms with Crippen LogP contribution in [0.25, 0.3) is 0 Å². The molecule has 0 aliphatic heterocycles. The van der Waals surface area contributed by atoms with E-state index in [1.807, 2.05) is 12.4 Å². The van der Waals surface area contributed by atoms with E-state index in [0.29, 0.717) is 0 Å². The molecule has 19 heavy (non-hydrogen) atoms. The Labute approximate surface area is 117 Å². The summed E-state index contributed by atoms with van der Waals surface area (Å²) in [7, 11) is 0. The SMILES string of the molecule is CCCNC(c1cnccc1C)C(C)(CC)OCC. The van der Waals surface area contributed by atoms with Crippen LogP contribution >= 0.6 is 0 Å². The van der Waals surface area contributed by atoms with Gasteiger partial charge in [-0.25, -0.2) is 0 Å². The van der Waals surface area contributed by atoms with Gasteiger partial charge in [-0.1, -0.05) is 13.8 Å². The van der Waals surface area contributed by atoms with Gasteiger partial charge in [0.15, 0.2) is 0 Å². The van der Waals surface area contributed by atoms with E-state index in [9.17, 15) is 0 Å². The molecular weight excluding hydrogens is 236 g/mol. The van der Waals surface area contributed by atoms with Crippen molar-refractivity contribution in [3.8, 4) is 0 Å². The summed E-state index contributed by atoms with van der Waals surface area (Å²) in [5.41, 5.74) is 2.31. The number of aromatic nitrogens is 1. The van der Waals surface area contributed by atoms with Crippen LogP contribution in [0, 0.1) is 6.92 Å². The van der Waals surface area contributed by atoms with Crippen LogP contribution in [0.1, 0.15) is 57.7 Å². The van der Waals surface area contributed by atoms with Crippen LogP contribution in [0.15, 0.2) is 18.5 Å². The van der Waals surface area contributed by atoms with Gasteiger partial charge in [0.2, 0.25) is 0 Å². The normalized spacial score (nSPS) is 16.1. The van der Waals surface area contributed by atoms with Crippen molar-refractivity contribution < 1.29 is 4.74 Å². The predicted octanol–water partition coefficient (Wildman–Crippen LogP) is 3.64. The molecule has 0 aliphatic carbocycles. The summed E-state index contributed by atoms with van der Waals surface area (Å²) in [5, 5.41) is 3.64. The molecule has 2 atom stereocenters. The van der Waals surface area contributed by atoms with Gasteiger partial charge in [-0.2, -0.15) is 0 Å². The van der Waals surface area contributed by atoms with Gasteiger partial charge >= 0.3 is 0 Å². The summed E-state index contributed by atoms with van der Waals surface area (Å²) in [5.74, 6) is 0. The molecule has 108 valence electrons. The summed E-state index contributed by atoms with van der Waals surface area (Å²) >= 11 is 0. The van der Waals surface area contributed by atoms with Gasteiger partial charge in [0.25, 0.3) is 0 Å². The quantitative estimate of drug-likeness (QED) is 0.778. The lowest BCUT2D eigenvalue weighted by molar-refractivity contribution is -0.0565. The minimum atomic E-state index is -0.197. The Morgan fingerprint density at radius 3 is 2.63 bits per heavy atom. The number of pyridine rings is 1. The van der Waals surface area contributed by atoms with Crippen LogP contribution in [0.4, 0.5) is 0 Å². The van der Waals surface area contributed by atoms with Gasteiger partial charge in [-0.05, 0) is 57.4 Å². The van der Waals surface area contributed by atoms with E-state index in [-0.39, 0.29) is 11.6 Å². The third-order valence-electron chi connectivity index (χ3n) is 3.78. The zero-order chi connectivity index (χ0) is 14.3. The number of hydrogen-bond donors (Lipinski definition) is 1. The Morgan fingerprint density at radius 2 is 2.11 bits per heavy atom. The van der Waals surface area contributed by atoms with Crippen molar-refractivity contribution in [1.29, 1.82) is 0 Å². The lowest BCUT2D eigenvalue weighted by Gasteiger charge is -2.38. The highest BCUT2D eigenvalue weighted by Gasteiger charge is 2.34. The maximum atomic E-state index is 6.06. The Morgan fingerprint density at radius 1 is 1.37 bits per heavy atom. The van der Waals surface area contributed by atoms with Crippen LogP contribution in [-0.2, 0) is 4.74 Å². The second-order valence-electron chi connectivity index (χ2n) is 5.22. The second-order valence-corrected chi connectivity index (χ2v) is 5.22. The van der Waals surface area contributed by atoms with E-state index in [2.05, 4.69) is 51.0 Å². The minimum Gasteiger partial charge on any atom is -0.374 e. The largest absolute Gasteiger partial charge is 0.374 e. The maximum Gasteiger partial charge on any atom is 0.0846 e. The Balaban J connectivity index is 3.09. The molecule has 0 fully saturated rings. The molecule has 0 amide bonds. The zero-order valence-electron chi connectivity index (χ0n) is 13.0. The summed E-state index contributed by atoms with van der Waals surface area (Å²) in [4.78, 5) is 4.29. The molecule has 0 bridgehead atoms. The number of nitrogens with zero attached hydrogens (tertiary/aromatic N) is 1. The van der Waals surface area contributed by atoms with Crippen LogP contribution in [-0.4, -0.2) is 23.7 Å². The summed E-state index contributed by atoms with van der Waals surface area (Å²) in [6.07, 6.45) is 5.90. The predicted molar refractivity (Wildman–Crippen MR) is 80.3 cm³/mol. The molecule has 1 N–H and O–H groups in total. The second kappa shape index (κ2) is 7.61. The van der Waals surface area contributed by atoms with E-state index < -0.39 is 0 Å². The Hall–Kier alpha value is -0.930. The molecule has 1 rings (SSSR count). The van der Waals surface area contributed by atoms with Gasteiger partial charge in [-0.3, -0.25) is 4.98 Å². The van der Waals surface area contributed by atoms with Crippen molar-refractivity contribution in [2.75, 3.05) is 13.2 Å². The van der Waals surface area contributed by atoms with E-state index in [4.69, 9.17) is 4.74 Å². The number of nitrogens with one attached hydrogen (secondary N) is 1. The molecule has 0 saturated heterocycles. The highest BCUT2D eigenvalue weighted by molar-refractivity contribution is 5.27. The molecular formula is C16H28N2O. The molecule has 0 aromatic carbocycles. The molecule has 0 saturated carbocycles. The first-order valence-electron chi connectivity index (χ1n) is 7.36. The maximum absolute atomic E-state index is 6.06. The fourth-order valence-corrected chi connectivity index (χ4v) is 2.44. The van der Waals surface area contributed by atoms with Gasteiger partial charge in [-0.15, -0.1) is 0 Å². The zero-order valence-corrected chi connectivity index (χ0v) is 13.0. The standard InChI is InChI=1S/C16H28N2O/c1-6-10-18-15(16(5,7-2)19-8-3)14-12-17-11-9-13(14)4/h9,11-12,15,18H,6-8,10H2,1-5H3. The minimum absolute atomic E-state index is 0.186. The average molecular weight is 264 g/mol. The lowest BCUT2D eigenvalue weighted by atomic mass is 9.86. The fourth-order valence-electron chi connectivity index (χ4n) is 2.44. The number of aryl methyl sites for hydroxylation is 1. The monoisotopic (exact) mass is 264 g/mol. The van der Waals surface area contributed by atoms with Crippen molar-refractivity contribution in [2.45, 2.75) is 59.1 Å². The summed E-state index contributed by atoms with van der Waals surface area (Å²) in [6.45, 7) is 12.5. The average Bonchev–Trinajstić information content (AvgIpc) is 2.41. The molecule has 1 heterocycles. The molecule has 0 radical (unpaired) electrons. The Bertz CT molecular complexity index is 381. The lowest BCUT2D eigenvalue weighted by Crippen LogP contribution is -2.44. The summed E-state index contributed by atoms with van der Waals surface area (Å²) < 4.78 is 6.06. The van der Waals surface area contributed by atoms with E-state index in [1.54, 1.807) is 0 Å². The first kappa shape index (κ1) is 16.1. The van der Waals surface area contributed by atoms with Crippen LogP contribution in [0.5, 0.6) is 0 Å². The van der Waals surface area contributed by atoms with Crippen LogP contribution in [0.3, 0.4) is 0 Å². The molecule has 3 nitrogen and oxygen atoms in total. The van der Waals surface area contributed by atoms with E-state index >= 15 is 0 Å². The molecule has 3 heteroatoms. The van der Waals surface area contributed by atoms with Gasteiger partial charge in [0.1, 0.15) is 0 Å². The first-order valence-corrected chi connectivity index (χ1v) is 7.36. The van der Waals surface area contributed by atoms with Crippen LogP contribution < -0.4 is 5.32 Å². The Kier molecular flexibility index (Phi) is 6.46. The molecule has 2 unspecified atom stereocenters. The van der Waals surface area contributed by atoms with Crippen molar-refractivity contribution in [2.24, 2.45) is 0 Å². The van der Waals surface area contributed by atoms with Crippen LogP contribution in [0.2, 0.25) is 0 Å². The number of rotatable bonds is 8. The van der Waals surface area contributed by atoms with Gasteiger partial charge < -0.3 is 10.1 Å². The third-order valence-corrected chi connectivity index (χ3v) is 3.78. The fraction of sp³-hybridized carbons (Fsp3) is 0.688. The van der Waals surface area contributed by atoms with Crippen molar-refractivity contribution in [3.63, 3.8) is 0 Å². The smallest absolute Gasteiger partial charge is 0.0846 e. The first-order chi connectivity index (χ1) is 9.09. The highest BCUT2D eigenvalue weighted by Crippen LogP contribution is 2.33. The highest BCUT2D eigenvalue weighted by atomic mass is 16.5. The number of ether oxygens (including phenoxy) is 1. The van der Waals surface area contributed by atoms with Crippen molar-refractivity contribution in [3.05, 3.63) is 29.6 Å². The molecule has 1 aromatic heterocycles. The topological polar surface area (TPSA) is 34.2 Å². The van der Waals surface area contributed by atoms with Gasteiger partial charge in [0.05, 0.1) is 11.6 Å². The van der Waals surface area contributed by atoms with Crippen molar-refractivity contribution in [1.82, 2.24) is 10.3 Å². The summed E-state index contributed by atoms with van der Waals surface area (Å²) in [6, 6.07) is 2.25. The van der Waals surface area contributed by atoms with Crippen molar-refractivity contribution >= 4 is 0 Å². The third kappa shape index (κ3) is 4.02. The van der Waals surface area contributed by atoms with E-state index in [1.165, 1.54) is 11.1 Å².